The van der Waals surface area contributed by atoms with Crippen LogP contribution in [0.15, 0.2) is 30.3 Å². The molecule has 1 fully saturated rings. The molecule has 0 aromatic heterocycles. The molecular weight excluding hydrogens is 268 g/mol. The zero-order valence-electron chi connectivity index (χ0n) is 11.6. The lowest BCUT2D eigenvalue weighted by Gasteiger charge is -2.18. The standard InChI is InChI=1S/C16H16N2O3/c17-18-15(16(21)12-6-2-1-3-7-12)14(20)10-11-5-4-8-13(19)9-11/h1-3,6-7,11H,4-5,8-10H2. The molecule has 2 rings (SSSR count). The molecule has 0 aliphatic heterocycles. The quantitative estimate of drug-likeness (QED) is 0.273. The van der Waals surface area contributed by atoms with E-state index in [9.17, 15) is 14.4 Å². The highest BCUT2D eigenvalue weighted by Gasteiger charge is 2.33. The fourth-order valence-corrected chi connectivity index (χ4v) is 2.60. The van der Waals surface area contributed by atoms with Crippen LogP contribution in [0.5, 0.6) is 0 Å². The van der Waals surface area contributed by atoms with Crippen molar-refractivity contribution in [1.29, 1.82) is 0 Å². The molecule has 1 atom stereocenters. The SMILES string of the molecule is [N-]=[N+]=C(C(=O)CC1CCCC(=O)C1)C(=O)c1ccccc1. The van der Waals surface area contributed by atoms with Gasteiger partial charge in [-0.1, -0.05) is 30.3 Å². The zero-order chi connectivity index (χ0) is 15.2. The minimum Gasteiger partial charge on any atom is -0.360 e. The van der Waals surface area contributed by atoms with Crippen LogP contribution in [0.25, 0.3) is 5.53 Å². The Morgan fingerprint density at radius 3 is 2.57 bits per heavy atom. The molecule has 0 heterocycles. The molecule has 1 aliphatic rings. The molecule has 1 aliphatic carbocycles. The van der Waals surface area contributed by atoms with E-state index in [1.165, 1.54) is 0 Å². The molecule has 21 heavy (non-hydrogen) atoms. The Labute approximate surface area is 122 Å². The summed E-state index contributed by atoms with van der Waals surface area (Å²) in [4.78, 5) is 38.6. The van der Waals surface area contributed by atoms with Gasteiger partial charge in [-0.3, -0.25) is 14.4 Å². The van der Waals surface area contributed by atoms with Gasteiger partial charge >= 0.3 is 5.71 Å². The van der Waals surface area contributed by atoms with E-state index in [0.29, 0.717) is 18.4 Å². The molecular formula is C16H16N2O3. The van der Waals surface area contributed by atoms with Gasteiger partial charge in [0.1, 0.15) is 5.78 Å². The molecule has 108 valence electrons. The van der Waals surface area contributed by atoms with Crippen LogP contribution in [0, 0.1) is 5.92 Å². The number of carbonyl (C=O) groups excluding carboxylic acids is 3. The minimum atomic E-state index is -0.592. The topological polar surface area (TPSA) is 87.6 Å². The largest absolute Gasteiger partial charge is 0.405 e. The monoisotopic (exact) mass is 284 g/mol. The summed E-state index contributed by atoms with van der Waals surface area (Å²) in [5, 5.41) is 0. The minimum absolute atomic E-state index is 0.0564. The second-order valence-electron chi connectivity index (χ2n) is 5.27. The second-order valence-corrected chi connectivity index (χ2v) is 5.27. The average molecular weight is 284 g/mol. The molecule has 1 unspecified atom stereocenters. The molecule has 1 aromatic rings. The Kier molecular flexibility index (Phi) is 4.90. The van der Waals surface area contributed by atoms with Gasteiger partial charge in [0.05, 0.1) is 0 Å². The smallest absolute Gasteiger partial charge is 0.360 e. The third-order valence-electron chi connectivity index (χ3n) is 3.67. The summed E-state index contributed by atoms with van der Waals surface area (Å²) in [5.41, 5.74) is 8.83. The Bertz CT molecular complexity index is 616. The van der Waals surface area contributed by atoms with Crippen LogP contribution in [0.4, 0.5) is 0 Å². The maximum Gasteiger partial charge on any atom is 0.405 e. The Balaban J connectivity index is 2.07. The zero-order valence-corrected chi connectivity index (χ0v) is 11.6. The number of Topliss-reactive ketones (excluding diaryl/α,β-unsaturated/α-hetero) is 3. The van der Waals surface area contributed by atoms with Gasteiger partial charge < -0.3 is 5.53 Å². The van der Waals surface area contributed by atoms with Crippen molar-refractivity contribution in [3.05, 3.63) is 41.4 Å². The van der Waals surface area contributed by atoms with Crippen LogP contribution in [0.2, 0.25) is 0 Å². The van der Waals surface area contributed by atoms with E-state index < -0.39 is 17.3 Å². The molecule has 5 heteroatoms. The number of carbonyl (C=O) groups is 3. The molecule has 5 nitrogen and oxygen atoms in total. The lowest BCUT2D eigenvalue weighted by molar-refractivity contribution is -0.122. The molecule has 1 saturated carbocycles. The molecule has 0 spiro atoms. The Morgan fingerprint density at radius 2 is 1.95 bits per heavy atom. The fourth-order valence-electron chi connectivity index (χ4n) is 2.60. The number of hydrogen-bond acceptors (Lipinski definition) is 3. The number of rotatable bonds is 5. The summed E-state index contributed by atoms with van der Waals surface area (Å²) < 4.78 is 0. The number of ketones is 3. The van der Waals surface area contributed by atoms with E-state index in [1.54, 1.807) is 30.3 Å². The van der Waals surface area contributed by atoms with Crippen molar-refractivity contribution in [2.75, 3.05) is 0 Å². The maximum atomic E-state index is 12.1. The lowest BCUT2D eigenvalue weighted by atomic mass is 9.84. The highest BCUT2D eigenvalue weighted by Crippen LogP contribution is 2.24. The number of nitrogens with zero attached hydrogens (tertiary/aromatic N) is 2. The summed E-state index contributed by atoms with van der Waals surface area (Å²) in [6.45, 7) is 0. The lowest BCUT2D eigenvalue weighted by Crippen LogP contribution is -2.28. The summed E-state index contributed by atoms with van der Waals surface area (Å²) in [7, 11) is 0. The van der Waals surface area contributed by atoms with Crippen molar-refractivity contribution in [2.24, 2.45) is 5.92 Å². The van der Waals surface area contributed by atoms with Crippen LogP contribution < -0.4 is 0 Å². The van der Waals surface area contributed by atoms with Gasteiger partial charge in [-0.15, -0.1) is 0 Å². The van der Waals surface area contributed by atoms with Gasteiger partial charge in [0.2, 0.25) is 5.78 Å². The Hall–Kier alpha value is -2.39. The summed E-state index contributed by atoms with van der Waals surface area (Å²) in [5.74, 6) is -1.01. The van der Waals surface area contributed by atoms with Gasteiger partial charge in [-0.25, -0.2) is 0 Å². The second kappa shape index (κ2) is 6.86. The molecule has 0 amide bonds. The average Bonchev–Trinajstić information content (AvgIpc) is 2.48. The van der Waals surface area contributed by atoms with Crippen molar-refractivity contribution in [3.8, 4) is 0 Å². The van der Waals surface area contributed by atoms with Gasteiger partial charge in [0, 0.05) is 24.8 Å². The Morgan fingerprint density at radius 1 is 1.24 bits per heavy atom. The van der Waals surface area contributed by atoms with Gasteiger partial charge in [-0.05, 0) is 18.8 Å². The van der Waals surface area contributed by atoms with Gasteiger partial charge in [0.25, 0.3) is 5.78 Å². The van der Waals surface area contributed by atoms with Crippen LogP contribution in [0.3, 0.4) is 0 Å². The number of benzene rings is 1. The van der Waals surface area contributed by atoms with E-state index in [1.807, 2.05) is 0 Å². The van der Waals surface area contributed by atoms with E-state index in [2.05, 4.69) is 4.79 Å². The first-order valence-electron chi connectivity index (χ1n) is 6.98. The predicted molar refractivity (Wildman–Crippen MR) is 76.0 cm³/mol. The highest BCUT2D eigenvalue weighted by molar-refractivity contribution is 6.67. The van der Waals surface area contributed by atoms with Crippen molar-refractivity contribution in [1.82, 2.24) is 0 Å². The normalized spacial score (nSPS) is 17.9. The first-order valence-corrected chi connectivity index (χ1v) is 6.98. The van der Waals surface area contributed by atoms with Crippen molar-refractivity contribution < 1.29 is 19.2 Å². The van der Waals surface area contributed by atoms with E-state index in [0.717, 1.165) is 12.8 Å². The number of hydrogen-bond donors (Lipinski definition) is 0. The van der Waals surface area contributed by atoms with Crippen LogP contribution in [0.1, 0.15) is 42.5 Å². The first-order chi connectivity index (χ1) is 10.1. The van der Waals surface area contributed by atoms with Gasteiger partial charge in [0.15, 0.2) is 0 Å². The molecule has 0 N–H and O–H groups in total. The first kappa shape index (κ1) is 15.0. The summed E-state index contributed by atoms with van der Waals surface area (Å²) in [6, 6.07) is 8.22. The summed E-state index contributed by atoms with van der Waals surface area (Å²) in [6.07, 6.45) is 2.56. The van der Waals surface area contributed by atoms with Crippen LogP contribution in [-0.2, 0) is 9.59 Å². The van der Waals surface area contributed by atoms with Gasteiger partial charge in [-0.2, -0.15) is 4.79 Å². The van der Waals surface area contributed by atoms with Crippen LogP contribution >= 0.6 is 0 Å². The van der Waals surface area contributed by atoms with E-state index >= 15 is 0 Å². The van der Waals surface area contributed by atoms with E-state index in [4.69, 9.17) is 5.53 Å². The third-order valence-corrected chi connectivity index (χ3v) is 3.67. The van der Waals surface area contributed by atoms with E-state index in [-0.39, 0.29) is 18.1 Å². The molecule has 0 saturated heterocycles. The fraction of sp³-hybridized carbons (Fsp3) is 0.375. The predicted octanol–water partition coefficient (Wildman–Crippen LogP) is 2.26. The third kappa shape index (κ3) is 3.80. The van der Waals surface area contributed by atoms with Crippen molar-refractivity contribution in [2.45, 2.75) is 32.1 Å². The van der Waals surface area contributed by atoms with Crippen molar-refractivity contribution in [3.63, 3.8) is 0 Å². The maximum absolute atomic E-state index is 12.1. The highest BCUT2D eigenvalue weighted by atomic mass is 16.2. The van der Waals surface area contributed by atoms with Crippen molar-refractivity contribution >= 4 is 23.1 Å². The summed E-state index contributed by atoms with van der Waals surface area (Å²) >= 11 is 0. The molecule has 0 radical (unpaired) electrons. The molecule has 1 aromatic carbocycles. The van der Waals surface area contributed by atoms with Crippen LogP contribution in [-0.4, -0.2) is 27.9 Å². The molecule has 0 bridgehead atoms.